The molecule has 0 radical (unpaired) electrons. The van der Waals surface area contributed by atoms with E-state index in [0.29, 0.717) is 21.7 Å². The number of Topliss-reactive ketones (excluding diaryl/α,β-unsaturated/α-hetero) is 1. The van der Waals surface area contributed by atoms with E-state index >= 15 is 0 Å². The molecule has 0 spiro atoms. The van der Waals surface area contributed by atoms with Crippen LogP contribution >= 0.6 is 11.3 Å². The molecule has 2 N–H and O–H groups in total. The third-order valence-corrected chi connectivity index (χ3v) is 9.10. The van der Waals surface area contributed by atoms with E-state index in [2.05, 4.69) is 10.4 Å². The Labute approximate surface area is 205 Å². The molecule has 0 saturated carbocycles. The molecule has 1 aliphatic heterocycles. The second kappa shape index (κ2) is 9.19. The Kier molecular flexibility index (Phi) is 6.07. The van der Waals surface area contributed by atoms with Crippen molar-refractivity contribution < 1.29 is 23.1 Å². The number of hydrogen-bond acceptors (Lipinski definition) is 7. The average Bonchev–Trinajstić information content (AvgIpc) is 3.59. The maximum absolute atomic E-state index is 13.3. The van der Waals surface area contributed by atoms with Gasteiger partial charge in [0.15, 0.2) is 5.78 Å². The first-order valence-electron chi connectivity index (χ1n) is 10.6. The van der Waals surface area contributed by atoms with Gasteiger partial charge in [0.25, 0.3) is 15.9 Å². The highest BCUT2D eigenvalue weighted by molar-refractivity contribution is 7.91. The summed E-state index contributed by atoms with van der Waals surface area (Å²) < 4.78 is 29.5. The van der Waals surface area contributed by atoms with E-state index in [0.717, 1.165) is 21.3 Å². The molecule has 3 heterocycles. The molecule has 1 amide bonds. The quantitative estimate of drug-likeness (QED) is 0.396. The zero-order valence-electron chi connectivity index (χ0n) is 18.2. The predicted molar refractivity (Wildman–Crippen MR) is 130 cm³/mol. The van der Waals surface area contributed by atoms with Gasteiger partial charge in [-0.05, 0) is 42.0 Å². The number of hydrogen-bond donors (Lipinski definition) is 2. The fourth-order valence-electron chi connectivity index (χ4n) is 4.00. The Bertz CT molecular complexity index is 1480. The summed E-state index contributed by atoms with van der Waals surface area (Å²) in [7, 11) is -4.00. The molecule has 9 nitrogen and oxygen atoms in total. The van der Waals surface area contributed by atoms with Gasteiger partial charge in [0.2, 0.25) is 0 Å². The maximum atomic E-state index is 13.3. The first-order valence-corrected chi connectivity index (χ1v) is 12.9. The normalized spacial score (nSPS) is 15.5. The molecule has 0 saturated heterocycles. The molecule has 0 fully saturated rings. The lowest BCUT2D eigenvalue weighted by Crippen LogP contribution is -2.36. The van der Waals surface area contributed by atoms with Crippen LogP contribution in [0.1, 0.15) is 27.5 Å². The number of nitrogens with one attached hydrogen (secondary N) is 1. The third kappa shape index (κ3) is 4.30. The number of carbonyl (C=O) groups is 2. The number of ketones is 1. The van der Waals surface area contributed by atoms with E-state index in [1.54, 1.807) is 83.8 Å². The molecule has 1 atom stereocenters. The van der Waals surface area contributed by atoms with Gasteiger partial charge in [0.05, 0.1) is 10.7 Å². The summed E-state index contributed by atoms with van der Waals surface area (Å²) in [4.78, 5) is 25.2. The minimum Gasteiger partial charge on any atom is -0.389 e. The third-order valence-electron chi connectivity index (χ3n) is 5.64. The molecular formula is C24H20N4O5S2. The molecule has 178 valence electrons. The summed E-state index contributed by atoms with van der Waals surface area (Å²) in [6.45, 7) is -0.812. The number of aromatic nitrogens is 2. The smallest absolute Gasteiger partial charge is 0.256 e. The summed E-state index contributed by atoms with van der Waals surface area (Å²) in [5.41, 5.74) is 2.19. The highest BCUT2D eigenvalue weighted by atomic mass is 32.2. The summed E-state index contributed by atoms with van der Waals surface area (Å²) in [5.74, 6) is -0.981. The second-order valence-corrected chi connectivity index (χ2v) is 11.0. The van der Waals surface area contributed by atoms with Crippen molar-refractivity contribution in [2.24, 2.45) is 0 Å². The number of amides is 1. The van der Waals surface area contributed by atoms with Crippen LogP contribution < -0.4 is 5.32 Å². The fraction of sp³-hybridized carbons (Fsp3) is 0.125. The number of thiophene rings is 1. The van der Waals surface area contributed by atoms with Crippen molar-refractivity contribution in [1.82, 2.24) is 14.1 Å². The molecular weight excluding hydrogens is 488 g/mol. The predicted octanol–water partition coefficient (Wildman–Crippen LogP) is 2.99. The first kappa shape index (κ1) is 23.1. The average molecular weight is 509 g/mol. The summed E-state index contributed by atoms with van der Waals surface area (Å²) in [5, 5.41) is 16.8. The number of aliphatic hydroxyl groups is 1. The number of anilines is 1. The van der Waals surface area contributed by atoms with E-state index in [1.165, 1.54) is 0 Å². The monoisotopic (exact) mass is 508 g/mol. The Morgan fingerprint density at radius 1 is 1.09 bits per heavy atom. The molecule has 1 aliphatic rings. The lowest BCUT2D eigenvalue weighted by molar-refractivity contribution is -0.125. The van der Waals surface area contributed by atoms with Crippen LogP contribution in [0.4, 0.5) is 5.00 Å². The van der Waals surface area contributed by atoms with Crippen LogP contribution in [0.15, 0.2) is 83.3 Å². The van der Waals surface area contributed by atoms with Crippen molar-refractivity contribution in [1.29, 1.82) is 0 Å². The van der Waals surface area contributed by atoms with Gasteiger partial charge in [-0.15, -0.1) is 11.3 Å². The van der Waals surface area contributed by atoms with Crippen molar-refractivity contribution in [3.8, 4) is 5.69 Å². The highest BCUT2D eigenvalue weighted by Crippen LogP contribution is 2.43. The van der Waals surface area contributed by atoms with E-state index in [1.807, 2.05) is 0 Å². The van der Waals surface area contributed by atoms with Gasteiger partial charge < -0.3 is 10.4 Å². The van der Waals surface area contributed by atoms with Crippen molar-refractivity contribution in [3.05, 3.63) is 95.8 Å². The summed E-state index contributed by atoms with van der Waals surface area (Å²) in [6, 6.07) is 17.6. The molecule has 1 unspecified atom stereocenters. The Balaban J connectivity index is 1.36. The van der Waals surface area contributed by atoms with Crippen LogP contribution in [0.2, 0.25) is 0 Å². The summed E-state index contributed by atoms with van der Waals surface area (Å²) >= 11 is 0.939. The first-order chi connectivity index (χ1) is 16.9. The van der Waals surface area contributed by atoms with Crippen molar-refractivity contribution in [2.75, 3.05) is 11.9 Å². The molecule has 0 bridgehead atoms. The van der Waals surface area contributed by atoms with Crippen LogP contribution in [0.5, 0.6) is 0 Å². The van der Waals surface area contributed by atoms with Gasteiger partial charge in [-0.3, -0.25) is 9.59 Å². The number of benzene rings is 2. The minimum absolute atomic E-state index is 0.0338. The Hall–Kier alpha value is -3.64. The molecule has 2 aromatic carbocycles. The zero-order chi connectivity index (χ0) is 24.6. The van der Waals surface area contributed by atoms with Crippen molar-refractivity contribution in [2.45, 2.75) is 16.8 Å². The van der Waals surface area contributed by atoms with Crippen molar-refractivity contribution in [3.63, 3.8) is 0 Å². The Morgan fingerprint density at radius 3 is 2.46 bits per heavy atom. The fourth-order valence-corrected chi connectivity index (χ4v) is 7.27. The van der Waals surface area contributed by atoms with Gasteiger partial charge in [-0.1, -0.05) is 30.3 Å². The van der Waals surface area contributed by atoms with Gasteiger partial charge in [0.1, 0.15) is 16.9 Å². The minimum atomic E-state index is -4.00. The van der Waals surface area contributed by atoms with E-state index < -0.39 is 28.5 Å². The van der Waals surface area contributed by atoms with E-state index in [-0.39, 0.29) is 16.7 Å². The Morgan fingerprint density at radius 2 is 1.83 bits per heavy atom. The van der Waals surface area contributed by atoms with Gasteiger partial charge in [-0.2, -0.15) is 9.40 Å². The number of fused-ring (bicyclic) bond motifs is 1. The highest BCUT2D eigenvalue weighted by Gasteiger charge is 2.44. The molecule has 0 aliphatic carbocycles. The maximum Gasteiger partial charge on any atom is 0.256 e. The number of carbonyl (C=O) groups excluding carboxylic acids is 2. The van der Waals surface area contributed by atoms with E-state index in [4.69, 9.17) is 0 Å². The second-order valence-electron chi connectivity index (χ2n) is 7.86. The largest absolute Gasteiger partial charge is 0.389 e. The van der Waals surface area contributed by atoms with Crippen molar-refractivity contribution >= 4 is 38.1 Å². The van der Waals surface area contributed by atoms with E-state index in [9.17, 15) is 23.1 Å². The topological polar surface area (TPSA) is 122 Å². The van der Waals surface area contributed by atoms with Crippen LogP contribution in [0.3, 0.4) is 0 Å². The van der Waals surface area contributed by atoms with Crippen LogP contribution in [-0.4, -0.2) is 45.9 Å². The standard InChI is InChI=1S/C24H20N4O5S2/c29-15-20(30)22(16-5-2-1-3-6-16)28-14-18-13-21(34-24(18)35(28,32)33)26-23(31)17-7-9-19(10-8-17)27-12-4-11-25-27/h1-13,22,29H,14-15H2,(H,26,31). The van der Waals surface area contributed by atoms with Crippen LogP contribution in [0.25, 0.3) is 5.69 Å². The number of aliphatic hydroxyl groups excluding tert-OH is 1. The van der Waals surface area contributed by atoms with Crippen LogP contribution in [0, 0.1) is 0 Å². The lowest BCUT2D eigenvalue weighted by atomic mass is 10.0. The SMILES string of the molecule is O=C(Nc1cc2c(s1)S(=O)(=O)N(C(C(=O)CO)c1ccccc1)C2)c1ccc(-n2cccn2)cc1. The van der Waals surface area contributed by atoms with Gasteiger partial charge in [-0.25, -0.2) is 13.1 Å². The van der Waals surface area contributed by atoms with Gasteiger partial charge in [0, 0.05) is 30.1 Å². The van der Waals surface area contributed by atoms with Gasteiger partial charge >= 0.3 is 0 Å². The lowest BCUT2D eigenvalue weighted by Gasteiger charge is -2.25. The molecule has 5 rings (SSSR count). The van der Waals surface area contributed by atoms with Crippen LogP contribution in [-0.2, 0) is 21.4 Å². The molecule has 35 heavy (non-hydrogen) atoms. The molecule has 4 aromatic rings. The summed E-state index contributed by atoms with van der Waals surface area (Å²) in [6.07, 6.45) is 3.45. The number of rotatable bonds is 7. The molecule has 11 heteroatoms. The number of sulfonamides is 1. The zero-order valence-corrected chi connectivity index (χ0v) is 19.9. The molecule has 2 aromatic heterocycles. The number of nitrogens with zero attached hydrogens (tertiary/aromatic N) is 3.